The van der Waals surface area contributed by atoms with Gasteiger partial charge >= 0.3 is 12.1 Å². The van der Waals surface area contributed by atoms with Crippen LogP contribution in [0, 0.1) is 0 Å². The number of hydrogen-bond donors (Lipinski definition) is 0. The Labute approximate surface area is 110 Å². The fraction of sp³-hybridized carbons (Fsp3) is 0.500. The maximum atomic E-state index is 11.6. The van der Waals surface area contributed by atoms with Crippen LogP contribution in [0.4, 0.5) is 4.79 Å². The molecule has 2 heterocycles. The van der Waals surface area contributed by atoms with Crippen LogP contribution in [-0.4, -0.2) is 47.2 Å². The molecule has 0 aliphatic carbocycles. The predicted octanol–water partition coefficient (Wildman–Crippen LogP) is 0.778. The molecule has 19 heavy (non-hydrogen) atoms. The maximum Gasteiger partial charge on any atom is 0.410 e. The minimum atomic E-state index is -0.511. The highest BCUT2D eigenvalue weighted by Crippen LogP contribution is 2.16. The van der Waals surface area contributed by atoms with E-state index in [2.05, 4.69) is 14.7 Å². The monoisotopic (exact) mass is 265 g/mol. The van der Waals surface area contributed by atoms with Gasteiger partial charge in [0.2, 0.25) is 0 Å². The van der Waals surface area contributed by atoms with E-state index in [-0.39, 0.29) is 11.8 Å². The number of hydrogen-bond acceptors (Lipinski definition) is 6. The minimum absolute atomic E-state index is 0.186. The smallest absolute Gasteiger partial charge is 0.410 e. The molecule has 0 fully saturated rings. The third-order valence-corrected chi connectivity index (χ3v) is 2.81. The lowest BCUT2D eigenvalue weighted by Gasteiger charge is -2.26. The van der Waals surface area contributed by atoms with Crippen LogP contribution in [0.3, 0.4) is 0 Å². The average molecular weight is 265 g/mol. The molecule has 0 radical (unpaired) electrons. The lowest BCUT2D eigenvalue weighted by atomic mass is 10.1. The Morgan fingerprint density at radius 3 is 2.89 bits per heavy atom. The van der Waals surface area contributed by atoms with Gasteiger partial charge in [-0.25, -0.2) is 14.6 Å². The molecule has 0 saturated carbocycles. The first-order valence-corrected chi connectivity index (χ1v) is 6.00. The summed E-state index contributed by atoms with van der Waals surface area (Å²) >= 11 is 0. The van der Waals surface area contributed by atoms with Crippen molar-refractivity contribution in [3.8, 4) is 0 Å². The lowest BCUT2D eigenvalue weighted by molar-refractivity contribution is 0.0592. The fourth-order valence-electron chi connectivity index (χ4n) is 1.86. The molecule has 1 aliphatic rings. The van der Waals surface area contributed by atoms with Crippen molar-refractivity contribution in [1.82, 2.24) is 14.9 Å². The highest BCUT2D eigenvalue weighted by Gasteiger charge is 2.24. The van der Waals surface area contributed by atoms with Crippen LogP contribution in [0.25, 0.3) is 0 Å². The van der Waals surface area contributed by atoms with Gasteiger partial charge in [0, 0.05) is 13.0 Å². The van der Waals surface area contributed by atoms with Crippen molar-refractivity contribution in [1.29, 1.82) is 0 Å². The largest absolute Gasteiger partial charge is 0.464 e. The first-order valence-electron chi connectivity index (χ1n) is 6.00. The summed E-state index contributed by atoms with van der Waals surface area (Å²) in [5, 5.41) is 0. The molecule has 2 rings (SSSR count). The number of methoxy groups -OCH3 is 1. The van der Waals surface area contributed by atoms with Crippen LogP contribution in [0.15, 0.2) is 6.20 Å². The molecule has 7 heteroatoms. The van der Waals surface area contributed by atoms with E-state index >= 15 is 0 Å². The van der Waals surface area contributed by atoms with Crippen molar-refractivity contribution in [2.24, 2.45) is 0 Å². The van der Waals surface area contributed by atoms with Gasteiger partial charge in [0.25, 0.3) is 0 Å². The summed E-state index contributed by atoms with van der Waals surface area (Å²) in [5.41, 5.74) is 1.60. The molecule has 0 spiro atoms. The van der Waals surface area contributed by atoms with Gasteiger partial charge in [-0.2, -0.15) is 0 Å². The number of rotatable bonds is 2. The van der Waals surface area contributed by atoms with E-state index in [1.807, 2.05) is 0 Å². The van der Waals surface area contributed by atoms with E-state index in [1.54, 1.807) is 11.8 Å². The van der Waals surface area contributed by atoms with E-state index in [9.17, 15) is 9.59 Å². The molecule has 1 aromatic rings. The van der Waals surface area contributed by atoms with Crippen LogP contribution in [-0.2, 0) is 22.4 Å². The van der Waals surface area contributed by atoms with Crippen LogP contribution in [0.1, 0.15) is 28.8 Å². The summed E-state index contributed by atoms with van der Waals surface area (Å²) in [6.45, 7) is 2.96. The number of nitrogens with zero attached hydrogens (tertiary/aromatic N) is 3. The lowest BCUT2D eigenvalue weighted by Crippen LogP contribution is -2.37. The quantitative estimate of drug-likeness (QED) is 0.735. The molecule has 1 aliphatic heterocycles. The second kappa shape index (κ2) is 5.64. The van der Waals surface area contributed by atoms with Gasteiger partial charge in [0.15, 0.2) is 5.69 Å². The third-order valence-electron chi connectivity index (χ3n) is 2.81. The summed E-state index contributed by atoms with van der Waals surface area (Å²) in [6, 6.07) is 0. The first-order chi connectivity index (χ1) is 9.15. The summed E-state index contributed by atoms with van der Waals surface area (Å²) in [4.78, 5) is 32.9. The standard InChI is InChI=1S/C12H15N3O4/c1-3-19-12(17)15-5-4-8-10(7-15)13-6-9(14-8)11(16)18-2/h6H,3-5,7H2,1-2H3. The zero-order chi connectivity index (χ0) is 13.8. The Morgan fingerprint density at radius 1 is 1.42 bits per heavy atom. The highest BCUT2D eigenvalue weighted by atomic mass is 16.6. The normalized spacial score (nSPS) is 13.7. The van der Waals surface area contributed by atoms with Crippen LogP contribution < -0.4 is 0 Å². The molecule has 0 atom stereocenters. The predicted molar refractivity (Wildman–Crippen MR) is 64.5 cm³/mol. The van der Waals surface area contributed by atoms with Gasteiger partial charge in [0.05, 0.1) is 37.8 Å². The molecule has 0 bridgehead atoms. The Morgan fingerprint density at radius 2 is 2.21 bits per heavy atom. The number of esters is 1. The van der Waals surface area contributed by atoms with Gasteiger partial charge in [-0.15, -0.1) is 0 Å². The Hall–Kier alpha value is -2.18. The van der Waals surface area contributed by atoms with Crippen molar-refractivity contribution in [2.45, 2.75) is 19.9 Å². The maximum absolute atomic E-state index is 11.6. The zero-order valence-electron chi connectivity index (χ0n) is 10.9. The second-order valence-electron chi connectivity index (χ2n) is 4.01. The van der Waals surface area contributed by atoms with Crippen LogP contribution in [0.2, 0.25) is 0 Å². The van der Waals surface area contributed by atoms with Crippen LogP contribution in [0.5, 0.6) is 0 Å². The van der Waals surface area contributed by atoms with Crippen LogP contribution >= 0.6 is 0 Å². The number of aromatic nitrogens is 2. The summed E-state index contributed by atoms with van der Waals surface area (Å²) < 4.78 is 9.53. The average Bonchev–Trinajstić information content (AvgIpc) is 2.45. The first kappa shape index (κ1) is 13.3. The third kappa shape index (κ3) is 2.81. The molecular weight excluding hydrogens is 250 g/mol. The molecule has 0 unspecified atom stereocenters. The summed E-state index contributed by atoms with van der Waals surface area (Å²) in [5.74, 6) is -0.511. The molecule has 0 aromatic carbocycles. The van der Waals surface area contributed by atoms with Crippen molar-refractivity contribution < 1.29 is 19.1 Å². The number of carbonyl (C=O) groups excluding carboxylic acids is 2. The number of fused-ring (bicyclic) bond motifs is 1. The van der Waals surface area contributed by atoms with Crippen molar-refractivity contribution in [3.05, 3.63) is 23.3 Å². The summed E-state index contributed by atoms with van der Waals surface area (Å²) in [7, 11) is 1.30. The number of carbonyl (C=O) groups is 2. The van der Waals surface area contributed by atoms with Crippen molar-refractivity contribution in [3.63, 3.8) is 0 Å². The van der Waals surface area contributed by atoms with Gasteiger partial charge in [-0.05, 0) is 6.92 Å². The zero-order valence-corrected chi connectivity index (χ0v) is 10.9. The van der Waals surface area contributed by atoms with E-state index < -0.39 is 5.97 Å². The Balaban J connectivity index is 2.14. The molecule has 1 aromatic heterocycles. The van der Waals surface area contributed by atoms with Gasteiger partial charge in [-0.1, -0.05) is 0 Å². The van der Waals surface area contributed by atoms with Gasteiger partial charge in [-0.3, -0.25) is 4.98 Å². The number of amides is 1. The minimum Gasteiger partial charge on any atom is -0.464 e. The molecule has 1 amide bonds. The second-order valence-corrected chi connectivity index (χ2v) is 4.01. The molecule has 7 nitrogen and oxygen atoms in total. The molecule has 102 valence electrons. The van der Waals surface area contributed by atoms with E-state index in [1.165, 1.54) is 13.3 Å². The van der Waals surface area contributed by atoms with E-state index in [4.69, 9.17) is 4.74 Å². The molecule has 0 N–H and O–H groups in total. The highest BCUT2D eigenvalue weighted by molar-refractivity contribution is 5.86. The molecule has 0 saturated heterocycles. The Kier molecular flexibility index (Phi) is 3.94. The van der Waals surface area contributed by atoms with Gasteiger partial charge in [0.1, 0.15) is 0 Å². The van der Waals surface area contributed by atoms with E-state index in [0.717, 1.165) is 5.69 Å². The number of ether oxygens (including phenoxy) is 2. The fourth-order valence-corrected chi connectivity index (χ4v) is 1.86. The SMILES string of the molecule is CCOC(=O)N1CCc2nc(C(=O)OC)cnc2C1. The van der Waals surface area contributed by atoms with Crippen molar-refractivity contribution in [2.75, 3.05) is 20.3 Å². The topological polar surface area (TPSA) is 81.6 Å². The summed E-state index contributed by atoms with van der Waals surface area (Å²) in [6.07, 6.45) is 1.55. The molecular formula is C12H15N3O4. The van der Waals surface area contributed by atoms with Crippen molar-refractivity contribution >= 4 is 12.1 Å². The van der Waals surface area contributed by atoms with Gasteiger partial charge < -0.3 is 14.4 Å². The Bertz CT molecular complexity index is 504. The van der Waals surface area contributed by atoms with E-state index in [0.29, 0.717) is 31.8 Å².